The molecule has 4 aromatic rings. The van der Waals surface area contributed by atoms with Crippen molar-refractivity contribution in [3.63, 3.8) is 0 Å². The fourth-order valence-corrected chi connectivity index (χ4v) is 11.0. The number of aryl methyl sites for hydroxylation is 1. The second kappa shape index (κ2) is 17.9. The number of hydrogen-bond acceptors (Lipinski definition) is 11. The van der Waals surface area contributed by atoms with Crippen LogP contribution < -0.4 is 10.7 Å². The molecule has 0 aliphatic carbocycles. The number of likely N-dealkylation sites (tertiary alicyclic amines) is 2. The lowest BCUT2D eigenvalue weighted by Crippen LogP contribution is -2.65. The lowest BCUT2D eigenvalue weighted by molar-refractivity contribution is -0.155. The van der Waals surface area contributed by atoms with Crippen molar-refractivity contribution in [3.8, 4) is 22.5 Å². The first-order valence-electron chi connectivity index (χ1n) is 22.4. The van der Waals surface area contributed by atoms with Gasteiger partial charge in [-0.3, -0.25) is 24.4 Å². The molecule has 16 heteroatoms. The maximum Gasteiger partial charge on any atom is 0.324 e. The van der Waals surface area contributed by atoms with E-state index in [0.717, 1.165) is 57.8 Å². The van der Waals surface area contributed by atoms with Gasteiger partial charge < -0.3 is 34.1 Å². The molecule has 7 heterocycles. The largest absolute Gasteiger partial charge is 0.464 e. The zero-order valence-corrected chi connectivity index (χ0v) is 39.0. The highest BCUT2D eigenvalue weighted by Crippen LogP contribution is 2.42. The molecule has 8 rings (SSSR count). The summed E-state index contributed by atoms with van der Waals surface area (Å²) in [6, 6.07) is 7.82. The first-order valence-corrected chi connectivity index (χ1v) is 23.3. The van der Waals surface area contributed by atoms with Gasteiger partial charge in [0.2, 0.25) is 5.91 Å². The Labute approximate surface area is 374 Å². The molecule has 0 radical (unpaired) electrons. The van der Waals surface area contributed by atoms with Crippen LogP contribution in [-0.4, -0.2) is 136 Å². The maximum atomic E-state index is 14.6. The van der Waals surface area contributed by atoms with Crippen LogP contribution in [0.25, 0.3) is 33.4 Å². The molecule has 0 saturated carbocycles. The number of carbonyl (C=O) groups is 4. The molecule has 4 amide bonds. The summed E-state index contributed by atoms with van der Waals surface area (Å²) in [7, 11) is 5.44. The zero-order chi connectivity index (χ0) is 44.9. The van der Waals surface area contributed by atoms with Gasteiger partial charge in [-0.15, -0.1) is 11.3 Å². The third-order valence-electron chi connectivity index (χ3n) is 13.4. The van der Waals surface area contributed by atoms with E-state index >= 15 is 0 Å². The number of fused-ring (bicyclic) bond motifs is 7. The number of methoxy groups -OCH3 is 1. The number of esters is 1. The monoisotopic (exact) mass is 881 g/mol. The number of aromatic nitrogens is 3. The highest BCUT2D eigenvalue weighted by atomic mass is 32.1. The van der Waals surface area contributed by atoms with Crippen molar-refractivity contribution in [1.29, 1.82) is 0 Å². The molecule has 63 heavy (non-hydrogen) atoms. The topological polar surface area (TPSA) is 154 Å². The summed E-state index contributed by atoms with van der Waals surface area (Å²) in [5.74, 6) is -1.03. The average molecular weight is 882 g/mol. The quantitative estimate of drug-likeness (QED) is 0.216. The molecule has 6 atom stereocenters. The first kappa shape index (κ1) is 44.7. The Morgan fingerprint density at radius 1 is 1.14 bits per heavy atom. The van der Waals surface area contributed by atoms with Crippen molar-refractivity contribution in [1.82, 2.24) is 45.0 Å². The molecule has 3 fully saturated rings. The Kier molecular flexibility index (Phi) is 12.7. The van der Waals surface area contributed by atoms with Gasteiger partial charge in [0.05, 0.1) is 40.8 Å². The number of cyclic esters (lactones) is 1. The van der Waals surface area contributed by atoms with Gasteiger partial charge in [-0.2, -0.15) is 0 Å². The van der Waals surface area contributed by atoms with E-state index in [1.807, 2.05) is 37.1 Å². The van der Waals surface area contributed by atoms with E-state index in [1.165, 1.54) is 21.2 Å². The Balaban J connectivity index is 1.17. The van der Waals surface area contributed by atoms with Crippen LogP contribution in [-0.2, 0) is 43.2 Å². The number of thiazole rings is 1. The number of ether oxygens (including phenoxy) is 2. The number of hydrogen-bond donors (Lipinski definition) is 2. The van der Waals surface area contributed by atoms with Crippen molar-refractivity contribution in [2.75, 3.05) is 54.0 Å². The van der Waals surface area contributed by atoms with Crippen LogP contribution in [0.5, 0.6) is 0 Å². The van der Waals surface area contributed by atoms with Crippen molar-refractivity contribution in [2.45, 2.75) is 104 Å². The SMILES string of the molecule is CCn1c(-c2cccnc2[C@H](C)OC)c2c3cc(ccc31)-c1csc(n1)C[C@H](NC(=O)C(C(C)C)N(C)C(=O)N1C[C@@H]3CN(C)C[C@@H]31)C(=O)N1CCC[C@H](N1)C(=O)OCC(C)(C)C2. The number of rotatable bonds is 8. The van der Waals surface area contributed by atoms with E-state index in [9.17, 15) is 19.2 Å². The van der Waals surface area contributed by atoms with E-state index < -0.39 is 35.4 Å². The fourth-order valence-electron chi connectivity index (χ4n) is 10.1. The van der Waals surface area contributed by atoms with E-state index in [0.29, 0.717) is 49.8 Å². The number of amides is 4. The van der Waals surface area contributed by atoms with Crippen LogP contribution in [0.3, 0.4) is 0 Å². The normalized spacial score (nSPS) is 23.8. The van der Waals surface area contributed by atoms with Gasteiger partial charge in [0.15, 0.2) is 0 Å². The third kappa shape index (κ3) is 8.71. The smallest absolute Gasteiger partial charge is 0.324 e. The summed E-state index contributed by atoms with van der Waals surface area (Å²) in [6.45, 7) is 15.8. The molecule has 0 spiro atoms. The fraction of sp³-hybridized carbons (Fsp3) is 0.574. The van der Waals surface area contributed by atoms with Gasteiger partial charge in [0.1, 0.15) is 18.1 Å². The summed E-state index contributed by atoms with van der Waals surface area (Å²) >= 11 is 1.44. The minimum atomic E-state index is -1.03. The molecule has 1 aromatic carbocycles. The molecular formula is C47H63N9O6S. The maximum absolute atomic E-state index is 14.6. The lowest BCUT2D eigenvalue weighted by Gasteiger charge is -2.46. The van der Waals surface area contributed by atoms with Crippen molar-refractivity contribution < 1.29 is 28.7 Å². The van der Waals surface area contributed by atoms with Crippen LogP contribution >= 0.6 is 11.3 Å². The number of likely N-dealkylation sites (N-methyl/N-ethyl adjacent to an activating group) is 2. The van der Waals surface area contributed by atoms with Crippen LogP contribution in [0.1, 0.15) is 76.8 Å². The van der Waals surface area contributed by atoms with Crippen LogP contribution in [0.2, 0.25) is 0 Å². The molecule has 2 N–H and O–H groups in total. The van der Waals surface area contributed by atoms with Gasteiger partial charge in [0.25, 0.3) is 5.91 Å². The van der Waals surface area contributed by atoms with Gasteiger partial charge in [0, 0.05) is 98.2 Å². The molecule has 15 nitrogen and oxygen atoms in total. The lowest BCUT2D eigenvalue weighted by atomic mass is 9.84. The zero-order valence-electron chi connectivity index (χ0n) is 38.1. The van der Waals surface area contributed by atoms with E-state index in [2.05, 4.69) is 72.3 Å². The van der Waals surface area contributed by atoms with Gasteiger partial charge in [-0.1, -0.05) is 33.8 Å². The second-order valence-electron chi connectivity index (χ2n) is 19.1. The van der Waals surface area contributed by atoms with E-state index in [-0.39, 0.29) is 43.0 Å². The van der Waals surface area contributed by atoms with Crippen LogP contribution in [0.4, 0.5) is 4.79 Å². The van der Waals surface area contributed by atoms with Crippen LogP contribution in [0, 0.1) is 17.3 Å². The highest BCUT2D eigenvalue weighted by molar-refractivity contribution is 7.10. The summed E-state index contributed by atoms with van der Waals surface area (Å²) < 4.78 is 14.3. The molecule has 338 valence electrons. The molecule has 1 unspecified atom stereocenters. The highest BCUT2D eigenvalue weighted by Gasteiger charge is 2.49. The molecule has 4 aliphatic heterocycles. The van der Waals surface area contributed by atoms with E-state index in [4.69, 9.17) is 19.4 Å². The van der Waals surface area contributed by atoms with Gasteiger partial charge in [-0.05, 0) is 75.9 Å². The number of hydrazine groups is 1. The van der Waals surface area contributed by atoms with Gasteiger partial charge in [-0.25, -0.2) is 15.2 Å². The molecular weight excluding hydrogens is 819 g/mol. The first-order chi connectivity index (χ1) is 30.1. The second-order valence-corrected chi connectivity index (χ2v) is 20.0. The summed E-state index contributed by atoms with van der Waals surface area (Å²) in [6.07, 6.45) is 3.32. The predicted octanol–water partition coefficient (Wildman–Crippen LogP) is 5.52. The van der Waals surface area contributed by atoms with Gasteiger partial charge >= 0.3 is 12.0 Å². The number of urea groups is 1. The van der Waals surface area contributed by atoms with E-state index in [1.54, 1.807) is 20.4 Å². The van der Waals surface area contributed by atoms with Crippen molar-refractivity contribution in [2.24, 2.45) is 17.3 Å². The summed E-state index contributed by atoms with van der Waals surface area (Å²) in [5, 5.41) is 8.25. The van der Waals surface area contributed by atoms with Crippen molar-refractivity contribution >= 4 is 46.1 Å². The third-order valence-corrected chi connectivity index (χ3v) is 14.3. The number of benzene rings is 1. The number of nitrogens with one attached hydrogen (secondary N) is 2. The number of nitrogens with zero attached hydrogens (tertiary/aromatic N) is 7. The number of pyridine rings is 1. The van der Waals surface area contributed by atoms with Crippen LogP contribution in [0.15, 0.2) is 41.9 Å². The Morgan fingerprint density at radius 3 is 2.67 bits per heavy atom. The Hall–Kier alpha value is -4.90. The predicted molar refractivity (Wildman–Crippen MR) is 243 cm³/mol. The average Bonchev–Trinajstić information content (AvgIpc) is 3.94. The number of carbonyl (C=O) groups excluding carboxylic acids is 4. The minimum absolute atomic E-state index is 0.118. The minimum Gasteiger partial charge on any atom is -0.464 e. The molecule has 3 aromatic heterocycles. The summed E-state index contributed by atoms with van der Waals surface area (Å²) in [4.78, 5) is 72.3. The summed E-state index contributed by atoms with van der Waals surface area (Å²) in [5.41, 5.74) is 9.43. The molecule has 6 bridgehead atoms. The molecule has 4 aliphatic rings. The Morgan fingerprint density at radius 2 is 1.94 bits per heavy atom. The molecule has 3 saturated heterocycles. The Bertz CT molecular complexity index is 2380. The standard InChI is InChI=1S/C47H63N9O6S/c1-10-54-37-16-15-29-19-32(37)33(42(54)31-13-11-17-48-40(31)28(4)61-9)21-47(5,6)26-62-45(59)34-14-12-18-56(51-34)44(58)35(20-39-49-36(29)25-63-39)50-43(57)41(27(2)3)53(8)46(60)55-23-30-22-52(7)24-38(30)55/h11,13,15-17,19,25,27-28,30,34-35,38,41,51H,10,12,14,18,20-24,26H2,1-9H3,(H,50,57)/t28-,30-,34-,35-,38-,41?/m0/s1. The van der Waals surface area contributed by atoms with Crippen molar-refractivity contribution in [3.05, 3.63) is 58.2 Å².